The summed E-state index contributed by atoms with van der Waals surface area (Å²) in [7, 11) is 0. The lowest BCUT2D eigenvalue weighted by Gasteiger charge is -1.96. The predicted octanol–water partition coefficient (Wildman–Crippen LogP) is 1.06. The third-order valence-corrected chi connectivity index (χ3v) is 1.58. The summed E-state index contributed by atoms with van der Waals surface area (Å²) in [6.45, 7) is 0. The molecule has 1 amide bonds. The number of nitrogens with two attached hydrogens (primary N) is 1. The molecule has 1 aromatic rings. The fraction of sp³-hybridized carbons (Fsp3) is 0. The number of hydrogen-bond donors (Lipinski definition) is 2. The molecule has 0 heterocycles. The van der Waals surface area contributed by atoms with Crippen LogP contribution in [0.15, 0.2) is 36.4 Å². The van der Waals surface area contributed by atoms with E-state index in [1.807, 2.05) is 30.3 Å². The van der Waals surface area contributed by atoms with Crippen molar-refractivity contribution in [3.8, 4) is 0 Å². The molecule has 0 radical (unpaired) electrons. The first kappa shape index (κ1) is 10.4. The number of hydrogen-bond acceptors (Lipinski definition) is 2. The molecule has 0 aliphatic rings. The summed E-state index contributed by atoms with van der Waals surface area (Å²) in [4.78, 5) is 11.1. The number of thiocarbonyl (C=S) groups is 1. The summed E-state index contributed by atoms with van der Waals surface area (Å²) in [5.41, 5.74) is 6.08. The largest absolute Gasteiger partial charge is 0.376 e. The van der Waals surface area contributed by atoms with Crippen molar-refractivity contribution in [2.24, 2.45) is 5.73 Å². The lowest BCUT2D eigenvalue weighted by Crippen LogP contribution is -2.33. The lowest BCUT2D eigenvalue weighted by atomic mass is 10.2. The molecule has 0 saturated heterocycles. The van der Waals surface area contributed by atoms with Gasteiger partial charge in [0, 0.05) is 6.08 Å². The van der Waals surface area contributed by atoms with Gasteiger partial charge in [-0.05, 0) is 23.9 Å². The first-order chi connectivity index (χ1) is 6.68. The zero-order valence-electron chi connectivity index (χ0n) is 7.44. The van der Waals surface area contributed by atoms with Crippen LogP contribution in [0.4, 0.5) is 0 Å². The highest BCUT2D eigenvalue weighted by Gasteiger charge is 1.94. The van der Waals surface area contributed by atoms with Crippen LogP contribution in [0.3, 0.4) is 0 Å². The highest BCUT2D eigenvalue weighted by molar-refractivity contribution is 7.80. The van der Waals surface area contributed by atoms with E-state index in [2.05, 4.69) is 17.5 Å². The molecule has 0 atom stereocenters. The molecule has 0 aliphatic carbocycles. The second-order valence-corrected chi connectivity index (χ2v) is 3.04. The molecule has 0 aliphatic heterocycles. The maximum absolute atomic E-state index is 11.1. The summed E-state index contributed by atoms with van der Waals surface area (Å²) in [6, 6.07) is 9.48. The van der Waals surface area contributed by atoms with E-state index >= 15 is 0 Å². The highest BCUT2D eigenvalue weighted by atomic mass is 32.1. The minimum Gasteiger partial charge on any atom is -0.376 e. The van der Waals surface area contributed by atoms with E-state index < -0.39 is 0 Å². The zero-order valence-corrected chi connectivity index (χ0v) is 8.25. The molecule has 1 aromatic carbocycles. The van der Waals surface area contributed by atoms with Gasteiger partial charge in [0.25, 0.3) is 0 Å². The molecule has 0 unspecified atom stereocenters. The van der Waals surface area contributed by atoms with Gasteiger partial charge in [-0.1, -0.05) is 30.3 Å². The minimum absolute atomic E-state index is 0.0206. The Hall–Kier alpha value is -1.68. The molecule has 1 rings (SSSR count). The highest BCUT2D eigenvalue weighted by Crippen LogP contribution is 2.00. The van der Waals surface area contributed by atoms with Gasteiger partial charge in [0.15, 0.2) is 5.11 Å². The molecule has 3 N–H and O–H groups in total. The first-order valence-corrected chi connectivity index (χ1v) is 4.43. The van der Waals surface area contributed by atoms with Gasteiger partial charge in [0.1, 0.15) is 0 Å². The van der Waals surface area contributed by atoms with Crippen LogP contribution in [0.25, 0.3) is 6.08 Å². The SMILES string of the molecule is NC(=S)NC(=O)/C=C/c1ccccc1. The van der Waals surface area contributed by atoms with Crippen LogP contribution in [-0.4, -0.2) is 11.0 Å². The number of amides is 1. The maximum atomic E-state index is 11.1. The molecular weight excluding hydrogens is 196 g/mol. The quantitative estimate of drug-likeness (QED) is 0.562. The molecule has 0 aromatic heterocycles. The Morgan fingerprint density at radius 1 is 1.36 bits per heavy atom. The number of nitrogens with one attached hydrogen (secondary N) is 1. The zero-order chi connectivity index (χ0) is 10.4. The fourth-order valence-electron chi connectivity index (χ4n) is 0.899. The Morgan fingerprint density at radius 3 is 2.57 bits per heavy atom. The Bertz CT molecular complexity index is 360. The first-order valence-electron chi connectivity index (χ1n) is 4.02. The molecule has 14 heavy (non-hydrogen) atoms. The molecule has 72 valence electrons. The van der Waals surface area contributed by atoms with Gasteiger partial charge < -0.3 is 5.73 Å². The van der Waals surface area contributed by atoms with Gasteiger partial charge in [-0.3, -0.25) is 10.1 Å². The van der Waals surface area contributed by atoms with Gasteiger partial charge >= 0.3 is 0 Å². The second-order valence-electron chi connectivity index (χ2n) is 2.60. The van der Waals surface area contributed by atoms with Gasteiger partial charge in [-0.2, -0.15) is 0 Å². The number of carbonyl (C=O) groups is 1. The monoisotopic (exact) mass is 206 g/mol. The minimum atomic E-state index is -0.318. The normalized spacial score (nSPS) is 10.0. The van der Waals surface area contributed by atoms with Crippen molar-refractivity contribution in [1.82, 2.24) is 5.32 Å². The van der Waals surface area contributed by atoms with E-state index in [1.165, 1.54) is 6.08 Å². The molecule has 3 nitrogen and oxygen atoms in total. The van der Waals surface area contributed by atoms with Crippen LogP contribution >= 0.6 is 12.2 Å². The van der Waals surface area contributed by atoms with Crippen LogP contribution in [0, 0.1) is 0 Å². The molecule has 0 bridgehead atoms. The van der Waals surface area contributed by atoms with Crippen molar-refractivity contribution in [1.29, 1.82) is 0 Å². The number of benzene rings is 1. The number of carbonyl (C=O) groups excluding carboxylic acids is 1. The summed E-state index contributed by atoms with van der Waals surface area (Å²) >= 11 is 4.51. The van der Waals surface area contributed by atoms with Crippen LogP contribution < -0.4 is 11.1 Å². The number of rotatable bonds is 2. The fourth-order valence-corrected chi connectivity index (χ4v) is 1.000. The summed E-state index contributed by atoms with van der Waals surface area (Å²) in [6.07, 6.45) is 3.07. The van der Waals surface area contributed by atoms with Crippen molar-refractivity contribution in [2.45, 2.75) is 0 Å². The van der Waals surface area contributed by atoms with E-state index in [4.69, 9.17) is 5.73 Å². The van der Waals surface area contributed by atoms with E-state index in [0.717, 1.165) is 5.56 Å². The van der Waals surface area contributed by atoms with E-state index in [1.54, 1.807) is 6.08 Å². The van der Waals surface area contributed by atoms with E-state index in [9.17, 15) is 4.79 Å². The van der Waals surface area contributed by atoms with Gasteiger partial charge in [-0.15, -0.1) is 0 Å². The summed E-state index contributed by atoms with van der Waals surface area (Å²) in [5.74, 6) is -0.318. The third kappa shape index (κ3) is 3.82. The Labute approximate surface area is 87.6 Å². The Morgan fingerprint density at radius 2 is 2.00 bits per heavy atom. The molecule has 0 fully saturated rings. The average Bonchev–Trinajstić information content (AvgIpc) is 2.15. The van der Waals surface area contributed by atoms with Crippen LogP contribution in [0.5, 0.6) is 0 Å². The van der Waals surface area contributed by atoms with E-state index in [0.29, 0.717) is 0 Å². The van der Waals surface area contributed by atoms with Crippen LogP contribution in [0.2, 0.25) is 0 Å². The lowest BCUT2D eigenvalue weighted by molar-refractivity contribution is -0.115. The van der Waals surface area contributed by atoms with Crippen LogP contribution in [0.1, 0.15) is 5.56 Å². The van der Waals surface area contributed by atoms with Crippen molar-refractivity contribution >= 4 is 29.3 Å². The average molecular weight is 206 g/mol. The van der Waals surface area contributed by atoms with Crippen molar-refractivity contribution < 1.29 is 4.79 Å². The van der Waals surface area contributed by atoms with Crippen molar-refractivity contribution in [2.75, 3.05) is 0 Å². The molecular formula is C10H10N2OS. The second kappa shape index (κ2) is 5.14. The van der Waals surface area contributed by atoms with Gasteiger partial charge in [0.05, 0.1) is 0 Å². The standard InChI is InChI=1S/C10H10N2OS/c11-10(14)12-9(13)7-6-8-4-2-1-3-5-8/h1-7H,(H3,11,12,13,14)/b7-6+. The third-order valence-electron chi connectivity index (χ3n) is 1.47. The van der Waals surface area contributed by atoms with Crippen molar-refractivity contribution in [3.05, 3.63) is 42.0 Å². The molecule has 0 spiro atoms. The Kier molecular flexibility index (Phi) is 3.82. The van der Waals surface area contributed by atoms with Crippen molar-refractivity contribution in [3.63, 3.8) is 0 Å². The summed E-state index contributed by atoms with van der Waals surface area (Å²) < 4.78 is 0. The molecule has 4 heteroatoms. The van der Waals surface area contributed by atoms with Gasteiger partial charge in [-0.25, -0.2) is 0 Å². The predicted molar refractivity (Wildman–Crippen MR) is 60.4 cm³/mol. The topological polar surface area (TPSA) is 55.1 Å². The smallest absolute Gasteiger partial charge is 0.250 e. The molecule has 0 saturated carbocycles. The van der Waals surface area contributed by atoms with E-state index in [-0.39, 0.29) is 11.0 Å². The van der Waals surface area contributed by atoms with Gasteiger partial charge in [0.2, 0.25) is 5.91 Å². The maximum Gasteiger partial charge on any atom is 0.250 e. The van der Waals surface area contributed by atoms with Crippen LogP contribution in [-0.2, 0) is 4.79 Å². The summed E-state index contributed by atoms with van der Waals surface area (Å²) in [5, 5.41) is 2.28. The Balaban J connectivity index is 2.56.